The number of benzene rings is 1. The normalized spacial score (nSPS) is 11.2. The zero-order chi connectivity index (χ0) is 20.3. The monoisotopic (exact) mass is 508 g/mol. The van der Waals surface area contributed by atoms with E-state index in [0.29, 0.717) is 37.1 Å². The van der Waals surface area contributed by atoms with Crippen molar-refractivity contribution < 1.29 is 19.0 Å². The molecule has 0 bridgehead atoms. The Bertz CT molecular complexity index is 633. The molecular weight excluding hydrogens is 475 g/mol. The Balaban J connectivity index is 0.00000729. The number of aliphatic imine (C=N–C) groups is 1. The van der Waals surface area contributed by atoms with E-state index in [-0.39, 0.29) is 24.0 Å². The van der Waals surface area contributed by atoms with Crippen LogP contribution in [0.4, 0.5) is 4.79 Å². The second-order valence-corrected chi connectivity index (χ2v) is 6.95. The lowest BCUT2D eigenvalue weighted by Crippen LogP contribution is -2.34. The molecule has 1 aromatic carbocycles. The Morgan fingerprint density at radius 2 is 1.68 bits per heavy atom. The van der Waals surface area contributed by atoms with Gasteiger partial charge in [0.25, 0.3) is 0 Å². The van der Waals surface area contributed by atoms with Crippen molar-refractivity contribution in [2.75, 3.05) is 27.3 Å². The molecule has 4 N–H and O–H groups in total. The molecular formula is C19H33IN4O4. The molecule has 9 heteroatoms. The number of guanidine groups is 1. The number of alkyl carbamates (subject to hydrolysis) is 1. The summed E-state index contributed by atoms with van der Waals surface area (Å²) >= 11 is 0. The molecule has 0 saturated heterocycles. The summed E-state index contributed by atoms with van der Waals surface area (Å²) < 4.78 is 15.6. The van der Waals surface area contributed by atoms with Crippen molar-refractivity contribution in [2.45, 2.75) is 45.8 Å². The van der Waals surface area contributed by atoms with Gasteiger partial charge in [-0.05, 0) is 51.3 Å². The van der Waals surface area contributed by atoms with Crippen molar-refractivity contribution in [3.63, 3.8) is 0 Å². The highest BCUT2D eigenvalue weighted by atomic mass is 127. The maximum Gasteiger partial charge on any atom is 0.407 e. The molecule has 0 radical (unpaired) electrons. The van der Waals surface area contributed by atoms with Crippen molar-refractivity contribution >= 4 is 36.0 Å². The summed E-state index contributed by atoms with van der Waals surface area (Å²) in [6.45, 7) is 7.18. The minimum Gasteiger partial charge on any atom is -0.493 e. The molecule has 160 valence electrons. The molecule has 28 heavy (non-hydrogen) atoms. The maximum atomic E-state index is 11.5. The van der Waals surface area contributed by atoms with E-state index in [2.05, 4.69) is 15.6 Å². The van der Waals surface area contributed by atoms with Crippen LogP contribution in [0, 0.1) is 0 Å². The summed E-state index contributed by atoms with van der Waals surface area (Å²) in [6, 6.07) is 5.63. The van der Waals surface area contributed by atoms with Crippen molar-refractivity contribution in [2.24, 2.45) is 10.7 Å². The number of nitrogens with one attached hydrogen (secondary N) is 2. The molecule has 0 aromatic heterocycles. The summed E-state index contributed by atoms with van der Waals surface area (Å²) in [5, 5.41) is 5.78. The van der Waals surface area contributed by atoms with E-state index in [1.165, 1.54) is 0 Å². The first-order chi connectivity index (χ1) is 12.7. The molecule has 1 rings (SSSR count). The SMILES string of the molecule is COc1ccc(CN=C(N)NCCCCNC(=O)OC(C)(C)C)cc1OC.I. The number of halogens is 1. The number of nitrogens with zero attached hydrogens (tertiary/aromatic N) is 1. The summed E-state index contributed by atoms with van der Waals surface area (Å²) in [7, 11) is 3.19. The summed E-state index contributed by atoms with van der Waals surface area (Å²) in [4.78, 5) is 15.8. The predicted molar refractivity (Wildman–Crippen MR) is 122 cm³/mol. The van der Waals surface area contributed by atoms with Crippen LogP contribution in [-0.2, 0) is 11.3 Å². The first-order valence-corrected chi connectivity index (χ1v) is 8.96. The van der Waals surface area contributed by atoms with Crippen LogP contribution in [-0.4, -0.2) is 45.0 Å². The second kappa shape index (κ2) is 13.3. The molecule has 0 fully saturated rings. The number of rotatable bonds is 9. The number of methoxy groups -OCH3 is 2. The van der Waals surface area contributed by atoms with E-state index in [0.717, 1.165) is 18.4 Å². The van der Waals surface area contributed by atoms with E-state index in [1.54, 1.807) is 14.2 Å². The predicted octanol–water partition coefficient (Wildman–Crippen LogP) is 3.03. The van der Waals surface area contributed by atoms with Gasteiger partial charge in [0.1, 0.15) is 5.60 Å². The molecule has 0 aliphatic heterocycles. The highest BCUT2D eigenvalue weighted by Crippen LogP contribution is 2.27. The molecule has 0 unspecified atom stereocenters. The van der Waals surface area contributed by atoms with E-state index in [1.807, 2.05) is 39.0 Å². The standard InChI is InChI=1S/C19H32N4O4.HI/c1-19(2,3)27-18(24)22-11-7-6-10-21-17(20)23-13-14-8-9-15(25-4)16(12-14)26-5;/h8-9,12H,6-7,10-11,13H2,1-5H3,(H,22,24)(H3,20,21,23);1H. The third-order valence-electron chi connectivity index (χ3n) is 3.46. The molecule has 1 amide bonds. The third kappa shape index (κ3) is 11.1. The summed E-state index contributed by atoms with van der Waals surface area (Å²) in [5.74, 6) is 1.72. The van der Waals surface area contributed by atoms with Gasteiger partial charge in [0.15, 0.2) is 17.5 Å². The van der Waals surface area contributed by atoms with Crippen LogP contribution in [0.25, 0.3) is 0 Å². The van der Waals surface area contributed by atoms with E-state index < -0.39 is 11.7 Å². The smallest absolute Gasteiger partial charge is 0.407 e. The Morgan fingerprint density at radius 1 is 1.07 bits per heavy atom. The quantitative estimate of drug-likeness (QED) is 0.205. The van der Waals surface area contributed by atoms with Crippen LogP contribution in [0.2, 0.25) is 0 Å². The van der Waals surface area contributed by atoms with Gasteiger partial charge in [-0.1, -0.05) is 6.07 Å². The fraction of sp³-hybridized carbons (Fsp3) is 0.579. The van der Waals surface area contributed by atoms with E-state index >= 15 is 0 Å². The number of carbonyl (C=O) groups excluding carboxylic acids is 1. The van der Waals surface area contributed by atoms with Gasteiger partial charge in [-0.3, -0.25) is 0 Å². The van der Waals surface area contributed by atoms with Crippen molar-refractivity contribution in [3.05, 3.63) is 23.8 Å². The zero-order valence-corrected chi connectivity index (χ0v) is 19.7. The molecule has 0 atom stereocenters. The maximum absolute atomic E-state index is 11.5. The van der Waals surface area contributed by atoms with Gasteiger partial charge in [0, 0.05) is 13.1 Å². The highest BCUT2D eigenvalue weighted by molar-refractivity contribution is 14.0. The Kier molecular flexibility index (Phi) is 12.4. The first-order valence-electron chi connectivity index (χ1n) is 8.96. The topological polar surface area (TPSA) is 107 Å². The lowest BCUT2D eigenvalue weighted by atomic mass is 10.2. The van der Waals surface area contributed by atoms with Crippen LogP contribution in [0.15, 0.2) is 23.2 Å². The molecule has 8 nitrogen and oxygen atoms in total. The van der Waals surface area contributed by atoms with Crippen LogP contribution in [0.3, 0.4) is 0 Å². The van der Waals surface area contributed by atoms with Crippen LogP contribution < -0.4 is 25.8 Å². The molecule has 1 aromatic rings. The van der Waals surface area contributed by atoms with Gasteiger partial charge in [0.05, 0.1) is 20.8 Å². The number of amides is 1. The average Bonchev–Trinajstić information content (AvgIpc) is 2.61. The van der Waals surface area contributed by atoms with Gasteiger partial charge in [-0.2, -0.15) is 0 Å². The minimum absolute atomic E-state index is 0. The molecule has 0 saturated carbocycles. The summed E-state index contributed by atoms with van der Waals surface area (Å²) in [5.41, 5.74) is 6.36. The number of ether oxygens (including phenoxy) is 3. The van der Waals surface area contributed by atoms with E-state index in [4.69, 9.17) is 19.9 Å². The van der Waals surface area contributed by atoms with Gasteiger partial charge in [-0.15, -0.1) is 24.0 Å². The number of nitrogens with two attached hydrogens (primary N) is 1. The van der Waals surface area contributed by atoms with Gasteiger partial charge >= 0.3 is 6.09 Å². The van der Waals surface area contributed by atoms with E-state index in [9.17, 15) is 4.79 Å². The lowest BCUT2D eigenvalue weighted by Gasteiger charge is -2.19. The number of hydrogen-bond donors (Lipinski definition) is 3. The largest absolute Gasteiger partial charge is 0.493 e. The first kappa shape index (κ1) is 26.1. The summed E-state index contributed by atoms with van der Waals surface area (Å²) in [6.07, 6.45) is 1.27. The number of hydrogen-bond acceptors (Lipinski definition) is 5. The third-order valence-corrected chi connectivity index (χ3v) is 3.46. The molecule has 0 aliphatic carbocycles. The zero-order valence-electron chi connectivity index (χ0n) is 17.3. The Labute approximate surface area is 184 Å². The number of unbranched alkanes of at least 4 members (excludes halogenated alkanes) is 1. The minimum atomic E-state index is -0.482. The van der Waals surface area contributed by atoms with Crippen molar-refractivity contribution in [3.8, 4) is 11.5 Å². The van der Waals surface area contributed by atoms with Crippen LogP contribution >= 0.6 is 24.0 Å². The molecule has 0 aliphatic rings. The lowest BCUT2D eigenvalue weighted by molar-refractivity contribution is 0.0527. The van der Waals surface area contributed by atoms with Gasteiger partial charge < -0.3 is 30.6 Å². The van der Waals surface area contributed by atoms with Crippen molar-refractivity contribution in [1.29, 1.82) is 0 Å². The fourth-order valence-electron chi connectivity index (χ4n) is 2.18. The van der Waals surface area contributed by atoms with Gasteiger partial charge in [-0.25, -0.2) is 9.79 Å². The fourth-order valence-corrected chi connectivity index (χ4v) is 2.18. The average molecular weight is 508 g/mol. The van der Waals surface area contributed by atoms with Crippen LogP contribution in [0.5, 0.6) is 11.5 Å². The second-order valence-electron chi connectivity index (χ2n) is 6.95. The molecule has 0 spiro atoms. The Morgan fingerprint density at radius 3 is 2.25 bits per heavy atom. The van der Waals surface area contributed by atoms with Crippen molar-refractivity contribution in [1.82, 2.24) is 10.6 Å². The van der Waals surface area contributed by atoms with Gasteiger partial charge in [0.2, 0.25) is 0 Å². The highest BCUT2D eigenvalue weighted by Gasteiger charge is 2.15. The van der Waals surface area contributed by atoms with Crippen LogP contribution in [0.1, 0.15) is 39.2 Å². The number of carbonyl (C=O) groups is 1. The Hall–Kier alpha value is -1.91. The molecule has 0 heterocycles.